The Labute approximate surface area is 152 Å². The highest BCUT2D eigenvalue weighted by atomic mass is 16.2. The number of carbonyl (C=O) groups excluding carboxylic acids is 1. The second-order valence-corrected chi connectivity index (χ2v) is 6.74. The van der Waals surface area contributed by atoms with Crippen molar-refractivity contribution in [2.45, 2.75) is 32.6 Å². The second-order valence-electron chi connectivity index (χ2n) is 6.74. The van der Waals surface area contributed by atoms with Crippen LogP contribution in [0.15, 0.2) is 36.8 Å². The number of hydrogen-bond acceptors (Lipinski definition) is 4. The third-order valence-electron chi connectivity index (χ3n) is 5.09. The minimum Gasteiger partial charge on any atom is -0.338 e. The van der Waals surface area contributed by atoms with E-state index in [2.05, 4.69) is 21.2 Å². The van der Waals surface area contributed by atoms with Gasteiger partial charge in [0.15, 0.2) is 0 Å². The van der Waals surface area contributed by atoms with Crippen LogP contribution in [0.5, 0.6) is 0 Å². The van der Waals surface area contributed by atoms with Crippen molar-refractivity contribution in [1.29, 1.82) is 0 Å². The standard InChI is InChI=1S/C19H22N6O/c1-13-16(12-21-23-13)19(26)24-9-6-15(7-10-24)17-4-3-5-18(22-17)25-11-8-20-14(25)2/h3-5,8,11-12,15H,6-7,9-10H2,1-2H3,(H,21,23). The minimum absolute atomic E-state index is 0.0606. The van der Waals surface area contributed by atoms with E-state index < -0.39 is 0 Å². The van der Waals surface area contributed by atoms with Gasteiger partial charge in [-0.3, -0.25) is 14.5 Å². The second kappa shape index (κ2) is 6.74. The number of piperidine rings is 1. The molecule has 0 radical (unpaired) electrons. The Morgan fingerprint density at radius 1 is 1.23 bits per heavy atom. The van der Waals surface area contributed by atoms with Gasteiger partial charge in [-0.05, 0) is 38.8 Å². The van der Waals surface area contributed by atoms with E-state index >= 15 is 0 Å². The van der Waals surface area contributed by atoms with Crippen LogP contribution >= 0.6 is 0 Å². The summed E-state index contributed by atoms with van der Waals surface area (Å²) in [5.41, 5.74) is 2.57. The topological polar surface area (TPSA) is 79.7 Å². The quantitative estimate of drug-likeness (QED) is 0.787. The predicted molar refractivity (Wildman–Crippen MR) is 97.3 cm³/mol. The first kappa shape index (κ1) is 16.5. The summed E-state index contributed by atoms with van der Waals surface area (Å²) in [6.45, 7) is 5.32. The third-order valence-corrected chi connectivity index (χ3v) is 5.09. The maximum atomic E-state index is 12.6. The molecular formula is C19H22N6O. The van der Waals surface area contributed by atoms with Crippen molar-refractivity contribution < 1.29 is 4.79 Å². The largest absolute Gasteiger partial charge is 0.338 e. The van der Waals surface area contributed by atoms with Gasteiger partial charge in [0.1, 0.15) is 11.6 Å². The first-order valence-corrected chi connectivity index (χ1v) is 8.90. The summed E-state index contributed by atoms with van der Waals surface area (Å²) in [5.74, 6) is 2.24. The smallest absolute Gasteiger partial charge is 0.257 e. The van der Waals surface area contributed by atoms with Gasteiger partial charge in [0.05, 0.1) is 11.8 Å². The van der Waals surface area contributed by atoms with Gasteiger partial charge >= 0.3 is 0 Å². The zero-order valence-electron chi connectivity index (χ0n) is 15.0. The van der Waals surface area contributed by atoms with Crippen molar-refractivity contribution in [3.8, 4) is 5.82 Å². The number of pyridine rings is 1. The molecule has 4 rings (SSSR count). The molecule has 4 heterocycles. The molecule has 134 valence electrons. The number of carbonyl (C=O) groups is 1. The van der Waals surface area contributed by atoms with Crippen LogP contribution in [0.3, 0.4) is 0 Å². The van der Waals surface area contributed by atoms with Crippen molar-refractivity contribution in [3.63, 3.8) is 0 Å². The fourth-order valence-electron chi connectivity index (χ4n) is 3.54. The fraction of sp³-hybridized carbons (Fsp3) is 0.368. The van der Waals surface area contributed by atoms with Crippen LogP contribution < -0.4 is 0 Å². The molecule has 1 fully saturated rings. The third kappa shape index (κ3) is 3.00. The van der Waals surface area contributed by atoms with Gasteiger partial charge in [-0.1, -0.05) is 6.07 Å². The Hall–Kier alpha value is -2.96. The highest BCUT2D eigenvalue weighted by Crippen LogP contribution is 2.28. The van der Waals surface area contributed by atoms with Gasteiger partial charge in [0.25, 0.3) is 5.91 Å². The van der Waals surface area contributed by atoms with E-state index in [-0.39, 0.29) is 5.91 Å². The van der Waals surface area contributed by atoms with Crippen LogP contribution in [0.4, 0.5) is 0 Å². The molecular weight excluding hydrogens is 328 g/mol. The van der Waals surface area contributed by atoms with Crippen LogP contribution in [-0.2, 0) is 0 Å². The number of likely N-dealkylation sites (tertiary alicyclic amines) is 1. The SMILES string of the molecule is Cc1[nH]ncc1C(=O)N1CCC(c2cccc(-n3ccnc3C)n2)CC1. The van der Waals surface area contributed by atoms with E-state index in [1.54, 1.807) is 12.4 Å². The number of aromatic amines is 1. The highest BCUT2D eigenvalue weighted by molar-refractivity contribution is 5.95. The molecule has 0 aliphatic carbocycles. The van der Waals surface area contributed by atoms with E-state index in [0.29, 0.717) is 11.5 Å². The van der Waals surface area contributed by atoms with Crippen molar-refractivity contribution in [1.82, 2.24) is 29.6 Å². The molecule has 0 spiro atoms. The molecule has 1 aliphatic heterocycles. The molecule has 3 aromatic rings. The summed E-state index contributed by atoms with van der Waals surface area (Å²) in [6.07, 6.45) is 7.16. The van der Waals surface area contributed by atoms with Gasteiger partial charge < -0.3 is 4.90 Å². The lowest BCUT2D eigenvalue weighted by Crippen LogP contribution is -2.38. The number of hydrogen-bond donors (Lipinski definition) is 1. The van der Waals surface area contributed by atoms with Gasteiger partial charge in [0, 0.05) is 42.8 Å². The van der Waals surface area contributed by atoms with Gasteiger partial charge in [-0.15, -0.1) is 0 Å². The Bertz CT molecular complexity index is 920. The number of nitrogens with one attached hydrogen (secondary N) is 1. The first-order chi connectivity index (χ1) is 12.6. The number of aromatic nitrogens is 5. The minimum atomic E-state index is 0.0606. The highest BCUT2D eigenvalue weighted by Gasteiger charge is 2.26. The van der Waals surface area contributed by atoms with Crippen molar-refractivity contribution in [2.24, 2.45) is 0 Å². The van der Waals surface area contributed by atoms with Crippen molar-refractivity contribution in [3.05, 3.63) is 59.6 Å². The van der Waals surface area contributed by atoms with E-state index in [9.17, 15) is 4.79 Å². The lowest BCUT2D eigenvalue weighted by Gasteiger charge is -2.31. The number of nitrogens with zero attached hydrogens (tertiary/aromatic N) is 5. The number of aryl methyl sites for hydroxylation is 2. The average Bonchev–Trinajstić information content (AvgIpc) is 3.29. The zero-order chi connectivity index (χ0) is 18.1. The monoisotopic (exact) mass is 350 g/mol. The van der Waals surface area contributed by atoms with Crippen LogP contribution in [0.1, 0.15) is 46.3 Å². The van der Waals surface area contributed by atoms with E-state index in [0.717, 1.165) is 49.0 Å². The summed E-state index contributed by atoms with van der Waals surface area (Å²) in [4.78, 5) is 23.6. The zero-order valence-corrected chi connectivity index (χ0v) is 15.0. The Kier molecular flexibility index (Phi) is 4.28. The molecule has 0 unspecified atom stereocenters. The maximum Gasteiger partial charge on any atom is 0.257 e. The average molecular weight is 350 g/mol. The molecule has 0 bridgehead atoms. The van der Waals surface area contributed by atoms with Crippen LogP contribution in [-0.4, -0.2) is 48.6 Å². The van der Waals surface area contributed by atoms with Crippen LogP contribution in [0.25, 0.3) is 5.82 Å². The summed E-state index contributed by atoms with van der Waals surface area (Å²) in [6, 6.07) is 6.13. The predicted octanol–water partition coefficient (Wildman–Crippen LogP) is 2.63. The van der Waals surface area contributed by atoms with Gasteiger partial charge in [-0.25, -0.2) is 9.97 Å². The molecule has 1 amide bonds. The first-order valence-electron chi connectivity index (χ1n) is 8.90. The molecule has 26 heavy (non-hydrogen) atoms. The molecule has 1 saturated heterocycles. The summed E-state index contributed by atoms with van der Waals surface area (Å²) in [5, 5.41) is 6.78. The summed E-state index contributed by atoms with van der Waals surface area (Å²) < 4.78 is 1.99. The molecule has 1 aliphatic rings. The summed E-state index contributed by atoms with van der Waals surface area (Å²) in [7, 11) is 0. The van der Waals surface area contributed by atoms with Crippen LogP contribution in [0.2, 0.25) is 0 Å². The number of rotatable bonds is 3. The maximum absolute atomic E-state index is 12.6. The van der Waals surface area contributed by atoms with Crippen LogP contribution in [0, 0.1) is 13.8 Å². The van der Waals surface area contributed by atoms with E-state index in [4.69, 9.17) is 4.98 Å². The number of amides is 1. The normalized spacial score (nSPS) is 15.4. The Morgan fingerprint density at radius 3 is 2.69 bits per heavy atom. The lowest BCUT2D eigenvalue weighted by atomic mass is 9.92. The Balaban J connectivity index is 1.46. The summed E-state index contributed by atoms with van der Waals surface area (Å²) >= 11 is 0. The molecule has 7 nitrogen and oxygen atoms in total. The fourth-order valence-corrected chi connectivity index (χ4v) is 3.54. The number of imidazole rings is 1. The van der Waals surface area contributed by atoms with Crippen molar-refractivity contribution in [2.75, 3.05) is 13.1 Å². The van der Waals surface area contributed by atoms with E-state index in [1.807, 2.05) is 41.6 Å². The van der Waals surface area contributed by atoms with Crippen molar-refractivity contribution >= 4 is 5.91 Å². The number of H-pyrrole nitrogens is 1. The van der Waals surface area contributed by atoms with Gasteiger partial charge in [0.2, 0.25) is 0 Å². The molecule has 0 atom stereocenters. The molecule has 3 aromatic heterocycles. The molecule has 1 N–H and O–H groups in total. The lowest BCUT2D eigenvalue weighted by molar-refractivity contribution is 0.0711. The molecule has 0 aromatic carbocycles. The Morgan fingerprint density at radius 2 is 2.04 bits per heavy atom. The molecule has 7 heteroatoms. The van der Waals surface area contributed by atoms with E-state index in [1.165, 1.54) is 0 Å². The molecule has 0 saturated carbocycles. The van der Waals surface area contributed by atoms with Gasteiger partial charge in [-0.2, -0.15) is 5.10 Å².